The largest absolute Gasteiger partial charge is 0.338 e. The average molecular weight is 259 g/mol. The molecule has 0 saturated carbocycles. The van der Waals surface area contributed by atoms with Gasteiger partial charge in [0.05, 0.1) is 5.75 Å². The highest BCUT2D eigenvalue weighted by Gasteiger charge is 2.07. The number of nitrogens with zero attached hydrogens (tertiary/aromatic N) is 1. The van der Waals surface area contributed by atoms with Crippen molar-refractivity contribution in [1.29, 1.82) is 0 Å². The van der Waals surface area contributed by atoms with E-state index in [0.29, 0.717) is 6.54 Å². The summed E-state index contributed by atoms with van der Waals surface area (Å²) in [6.45, 7) is 2.51. The lowest BCUT2D eigenvalue weighted by Gasteiger charge is -2.04. The topological polar surface area (TPSA) is 71.1 Å². The fraction of sp³-hybridized carbons (Fsp3) is 0.444. The van der Waals surface area contributed by atoms with Gasteiger partial charge in [-0.05, 0) is 6.42 Å². The van der Waals surface area contributed by atoms with Gasteiger partial charge in [-0.25, -0.2) is 9.78 Å². The SMILES string of the molecule is CCCNC(=O)NC(=O)CSc1nccs1. The normalized spacial score (nSPS) is 9.81. The van der Waals surface area contributed by atoms with Crippen LogP contribution in [-0.2, 0) is 4.79 Å². The molecule has 0 aliphatic rings. The van der Waals surface area contributed by atoms with Gasteiger partial charge in [-0.15, -0.1) is 11.3 Å². The molecular weight excluding hydrogens is 246 g/mol. The first-order valence-electron chi connectivity index (χ1n) is 4.82. The number of hydrogen-bond donors (Lipinski definition) is 2. The van der Waals surface area contributed by atoms with Crippen molar-refractivity contribution < 1.29 is 9.59 Å². The zero-order valence-corrected chi connectivity index (χ0v) is 10.5. The van der Waals surface area contributed by atoms with Crippen molar-refractivity contribution in [3.05, 3.63) is 11.6 Å². The highest BCUT2D eigenvalue weighted by Crippen LogP contribution is 2.19. The number of rotatable bonds is 5. The van der Waals surface area contributed by atoms with E-state index < -0.39 is 6.03 Å². The summed E-state index contributed by atoms with van der Waals surface area (Å²) in [7, 11) is 0. The second-order valence-electron chi connectivity index (χ2n) is 2.89. The Bertz CT molecular complexity index is 341. The van der Waals surface area contributed by atoms with Crippen molar-refractivity contribution in [2.75, 3.05) is 12.3 Å². The zero-order valence-electron chi connectivity index (χ0n) is 8.86. The fourth-order valence-electron chi connectivity index (χ4n) is 0.854. The number of nitrogens with one attached hydrogen (secondary N) is 2. The Morgan fingerprint density at radius 2 is 2.38 bits per heavy atom. The third-order valence-corrected chi connectivity index (χ3v) is 3.49. The Morgan fingerprint density at radius 3 is 3.00 bits per heavy atom. The van der Waals surface area contributed by atoms with E-state index >= 15 is 0 Å². The van der Waals surface area contributed by atoms with Crippen LogP contribution in [0.2, 0.25) is 0 Å². The summed E-state index contributed by atoms with van der Waals surface area (Å²) in [4.78, 5) is 26.4. The first-order valence-corrected chi connectivity index (χ1v) is 6.69. The maximum Gasteiger partial charge on any atom is 0.321 e. The molecule has 0 aromatic carbocycles. The van der Waals surface area contributed by atoms with Gasteiger partial charge < -0.3 is 5.32 Å². The number of thioether (sulfide) groups is 1. The average Bonchev–Trinajstić information content (AvgIpc) is 2.76. The van der Waals surface area contributed by atoms with Crippen LogP contribution in [0.5, 0.6) is 0 Å². The molecule has 1 heterocycles. The van der Waals surface area contributed by atoms with Crippen molar-refractivity contribution in [2.24, 2.45) is 0 Å². The first kappa shape index (κ1) is 13.0. The molecule has 1 aromatic rings. The lowest BCUT2D eigenvalue weighted by Crippen LogP contribution is -2.40. The molecule has 1 rings (SSSR count). The minimum absolute atomic E-state index is 0.201. The van der Waals surface area contributed by atoms with Gasteiger partial charge in [0.1, 0.15) is 4.34 Å². The van der Waals surface area contributed by atoms with Gasteiger partial charge in [-0.1, -0.05) is 18.7 Å². The molecule has 0 atom stereocenters. The molecule has 0 saturated heterocycles. The first-order chi connectivity index (χ1) is 7.72. The van der Waals surface area contributed by atoms with E-state index in [-0.39, 0.29) is 11.7 Å². The lowest BCUT2D eigenvalue weighted by molar-refractivity contribution is -0.117. The van der Waals surface area contributed by atoms with E-state index in [2.05, 4.69) is 15.6 Å². The zero-order chi connectivity index (χ0) is 11.8. The second kappa shape index (κ2) is 7.24. The molecule has 16 heavy (non-hydrogen) atoms. The number of amides is 3. The summed E-state index contributed by atoms with van der Waals surface area (Å²) in [5.41, 5.74) is 0. The van der Waals surface area contributed by atoms with Crippen LogP contribution in [0.4, 0.5) is 4.79 Å². The summed E-state index contributed by atoms with van der Waals surface area (Å²) in [6, 6.07) is -0.438. The minimum atomic E-state index is -0.438. The Kier molecular flexibility index (Phi) is 5.87. The van der Waals surface area contributed by atoms with Crippen LogP contribution >= 0.6 is 23.1 Å². The number of imide groups is 1. The predicted octanol–water partition coefficient (Wildman–Crippen LogP) is 1.47. The van der Waals surface area contributed by atoms with Gasteiger partial charge in [0.25, 0.3) is 0 Å². The van der Waals surface area contributed by atoms with Crippen LogP contribution in [0.25, 0.3) is 0 Å². The van der Waals surface area contributed by atoms with E-state index in [1.54, 1.807) is 6.20 Å². The molecule has 0 radical (unpaired) electrons. The maximum absolute atomic E-state index is 11.3. The summed E-state index contributed by atoms with van der Waals surface area (Å²) in [6.07, 6.45) is 2.52. The van der Waals surface area contributed by atoms with Crippen LogP contribution in [0.1, 0.15) is 13.3 Å². The lowest BCUT2D eigenvalue weighted by atomic mass is 10.5. The van der Waals surface area contributed by atoms with E-state index in [0.717, 1.165) is 10.8 Å². The van der Waals surface area contributed by atoms with Crippen molar-refractivity contribution >= 4 is 35.0 Å². The Morgan fingerprint density at radius 1 is 1.56 bits per heavy atom. The van der Waals surface area contributed by atoms with Gasteiger partial charge in [-0.3, -0.25) is 10.1 Å². The minimum Gasteiger partial charge on any atom is -0.338 e. The highest BCUT2D eigenvalue weighted by molar-refractivity contribution is 8.01. The quantitative estimate of drug-likeness (QED) is 0.786. The molecule has 0 bridgehead atoms. The van der Waals surface area contributed by atoms with E-state index in [1.807, 2.05) is 12.3 Å². The van der Waals surface area contributed by atoms with Gasteiger partial charge in [-0.2, -0.15) is 0 Å². The number of carbonyl (C=O) groups excluding carboxylic acids is 2. The van der Waals surface area contributed by atoms with Crippen LogP contribution in [-0.4, -0.2) is 29.2 Å². The van der Waals surface area contributed by atoms with Gasteiger partial charge in [0.2, 0.25) is 5.91 Å². The molecule has 7 heteroatoms. The molecule has 88 valence electrons. The van der Waals surface area contributed by atoms with Gasteiger partial charge in [0, 0.05) is 18.1 Å². The summed E-state index contributed by atoms with van der Waals surface area (Å²) < 4.78 is 0.823. The predicted molar refractivity (Wildman–Crippen MR) is 64.7 cm³/mol. The monoisotopic (exact) mass is 259 g/mol. The van der Waals surface area contributed by atoms with Crippen LogP contribution < -0.4 is 10.6 Å². The smallest absolute Gasteiger partial charge is 0.321 e. The van der Waals surface area contributed by atoms with Crippen LogP contribution in [0.3, 0.4) is 0 Å². The fourth-order valence-corrected chi connectivity index (χ4v) is 2.29. The number of hydrogen-bond acceptors (Lipinski definition) is 5. The Labute approximate surface area is 102 Å². The Hall–Kier alpha value is -1.08. The summed E-state index contributed by atoms with van der Waals surface area (Å²) in [5.74, 6) is -0.110. The molecule has 2 N–H and O–H groups in total. The number of urea groups is 1. The molecular formula is C9H13N3O2S2. The second-order valence-corrected chi connectivity index (χ2v) is 5.01. The van der Waals surface area contributed by atoms with Crippen molar-refractivity contribution in [3.63, 3.8) is 0 Å². The van der Waals surface area contributed by atoms with E-state index in [1.165, 1.54) is 23.1 Å². The molecule has 0 aliphatic heterocycles. The standard InChI is InChI=1S/C9H13N3O2S2/c1-2-3-10-8(14)12-7(13)6-16-9-11-4-5-15-9/h4-5H,2-3,6H2,1H3,(H2,10,12,13,14). The maximum atomic E-state index is 11.3. The molecule has 1 aromatic heterocycles. The van der Waals surface area contributed by atoms with Gasteiger partial charge in [0.15, 0.2) is 0 Å². The molecule has 0 aliphatic carbocycles. The summed E-state index contributed by atoms with van der Waals surface area (Å²) >= 11 is 2.79. The van der Waals surface area contributed by atoms with Crippen LogP contribution in [0, 0.1) is 0 Å². The highest BCUT2D eigenvalue weighted by atomic mass is 32.2. The third kappa shape index (κ3) is 5.13. The van der Waals surface area contributed by atoms with Crippen molar-refractivity contribution in [2.45, 2.75) is 17.7 Å². The third-order valence-electron chi connectivity index (χ3n) is 1.52. The summed E-state index contributed by atoms with van der Waals surface area (Å²) in [5, 5.41) is 6.65. The Balaban J connectivity index is 2.18. The molecule has 5 nitrogen and oxygen atoms in total. The van der Waals surface area contributed by atoms with Crippen molar-refractivity contribution in [3.8, 4) is 0 Å². The van der Waals surface area contributed by atoms with Gasteiger partial charge >= 0.3 is 6.03 Å². The molecule has 0 spiro atoms. The number of thiazole rings is 1. The molecule has 0 unspecified atom stereocenters. The van der Waals surface area contributed by atoms with E-state index in [9.17, 15) is 9.59 Å². The van der Waals surface area contributed by atoms with Crippen molar-refractivity contribution in [1.82, 2.24) is 15.6 Å². The van der Waals surface area contributed by atoms with Crippen LogP contribution in [0.15, 0.2) is 15.9 Å². The molecule has 0 fully saturated rings. The molecule has 3 amide bonds. The number of carbonyl (C=O) groups is 2. The van der Waals surface area contributed by atoms with E-state index in [4.69, 9.17) is 0 Å². The number of aromatic nitrogens is 1.